The Hall–Kier alpha value is -0.570. The second-order valence-corrected chi connectivity index (χ2v) is 3.26. The molecule has 0 fully saturated rings. The van der Waals surface area contributed by atoms with Gasteiger partial charge in [0.1, 0.15) is 24.5 Å². The van der Waals surface area contributed by atoms with Crippen molar-refractivity contribution in [2.75, 3.05) is 6.54 Å². The smallest absolute Gasteiger partial charge is 0.151 e. The van der Waals surface area contributed by atoms with Crippen LogP contribution >= 0.6 is 0 Å². The zero-order chi connectivity index (χ0) is 12.0. The first-order valence-electron chi connectivity index (χ1n) is 4.49. The molecule has 0 amide bonds. The monoisotopic (exact) mass is 223 g/mol. The third kappa shape index (κ3) is 5.17. The van der Waals surface area contributed by atoms with Crippen molar-refractivity contribution in [1.29, 1.82) is 0 Å². The quantitative estimate of drug-likeness (QED) is 0.195. The van der Waals surface area contributed by atoms with Crippen LogP contribution in [0.4, 0.5) is 0 Å². The first-order valence-corrected chi connectivity index (χ1v) is 4.49. The maximum Gasteiger partial charge on any atom is 0.151 e. The number of rotatable bonds is 7. The molecule has 0 saturated heterocycles. The van der Waals surface area contributed by atoms with Crippen molar-refractivity contribution < 1.29 is 30.3 Å². The lowest BCUT2D eigenvalue weighted by Gasteiger charge is -2.24. The number of aliphatic hydroxyl groups excluding tert-OH is 5. The Bertz CT molecular complexity index is 188. The highest BCUT2D eigenvalue weighted by Crippen LogP contribution is 2.03. The fourth-order valence-corrected chi connectivity index (χ4v) is 0.922. The van der Waals surface area contributed by atoms with Crippen LogP contribution in [0, 0.1) is 0 Å². The molecule has 0 heterocycles. The van der Waals surface area contributed by atoms with Crippen LogP contribution in [0.1, 0.15) is 6.92 Å². The van der Waals surface area contributed by atoms with Gasteiger partial charge in [-0.3, -0.25) is 5.32 Å². The van der Waals surface area contributed by atoms with Crippen LogP contribution in [0.25, 0.3) is 0 Å². The molecule has 0 aliphatic heterocycles. The fourth-order valence-electron chi connectivity index (χ4n) is 0.922. The first kappa shape index (κ1) is 14.4. The molecule has 0 aliphatic carbocycles. The Morgan fingerprint density at radius 1 is 1.13 bits per heavy atom. The van der Waals surface area contributed by atoms with Crippen molar-refractivity contribution in [1.82, 2.24) is 5.32 Å². The van der Waals surface area contributed by atoms with Crippen molar-refractivity contribution >= 4 is 6.29 Å². The van der Waals surface area contributed by atoms with Gasteiger partial charge in [0.05, 0.1) is 6.10 Å². The summed E-state index contributed by atoms with van der Waals surface area (Å²) in [5.74, 6) is 0. The Morgan fingerprint density at radius 2 is 1.67 bits per heavy atom. The number of aliphatic hydroxyl groups is 5. The van der Waals surface area contributed by atoms with Gasteiger partial charge in [0.15, 0.2) is 6.29 Å². The molecule has 0 aromatic rings. The zero-order valence-corrected chi connectivity index (χ0v) is 8.32. The minimum absolute atomic E-state index is 0.0582. The molecule has 0 radical (unpaired) electrons. The predicted molar refractivity (Wildman–Crippen MR) is 49.8 cm³/mol. The minimum Gasteiger partial charge on any atom is -0.389 e. The molecule has 0 aromatic heterocycles. The number of nitrogens with one attached hydrogen (secondary N) is 1. The van der Waals surface area contributed by atoms with E-state index in [1.807, 2.05) is 0 Å². The van der Waals surface area contributed by atoms with Crippen LogP contribution in [-0.2, 0) is 4.79 Å². The number of hydrogen-bond acceptors (Lipinski definition) is 7. The molecule has 7 heteroatoms. The Labute approximate surface area is 87.0 Å². The normalized spacial score (nSPS) is 21.5. The number of aldehydes is 1. The zero-order valence-electron chi connectivity index (χ0n) is 8.32. The van der Waals surface area contributed by atoms with Gasteiger partial charge in [0.25, 0.3) is 0 Å². The second-order valence-electron chi connectivity index (χ2n) is 3.26. The summed E-state index contributed by atoms with van der Waals surface area (Å²) in [5, 5.41) is 47.7. The van der Waals surface area contributed by atoms with E-state index in [4.69, 9.17) is 15.3 Å². The molecule has 5 atom stereocenters. The fraction of sp³-hybridized carbons (Fsp3) is 0.875. The topological polar surface area (TPSA) is 130 Å². The summed E-state index contributed by atoms with van der Waals surface area (Å²) >= 11 is 0. The van der Waals surface area contributed by atoms with E-state index in [0.717, 1.165) is 0 Å². The number of carbonyl (C=O) groups excluding carboxylic acids is 1. The summed E-state index contributed by atoms with van der Waals surface area (Å²) in [4.78, 5) is 10.1. The van der Waals surface area contributed by atoms with Gasteiger partial charge in [-0.2, -0.15) is 0 Å². The summed E-state index contributed by atoms with van der Waals surface area (Å²) in [5.41, 5.74) is 0. The highest BCUT2D eigenvalue weighted by Gasteiger charge is 2.29. The molecule has 0 aromatic carbocycles. The maximum absolute atomic E-state index is 10.1. The lowest BCUT2D eigenvalue weighted by atomic mass is 10.0. The molecule has 6 N–H and O–H groups in total. The molecule has 0 rings (SSSR count). The van der Waals surface area contributed by atoms with Crippen molar-refractivity contribution in [2.45, 2.75) is 37.6 Å². The molecule has 0 spiro atoms. The van der Waals surface area contributed by atoms with E-state index in [9.17, 15) is 15.0 Å². The Morgan fingerprint density at radius 3 is 2.07 bits per heavy atom. The standard InChI is InChI=1S/C8H17NO6/c1-4(11)9-2-5(12)7(14)8(15)6(13)3-10/h3-9,11-15H,2H2,1H3/t4?,5-,6+,7-,8-/m1/s1. The Kier molecular flexibility index (Phi) is 6.57. The van der Waals surface area contributed by atoms with Crippen molar-refractivity contribution in [3.63, 3.8) is 0 Å². The molecule has 0 saturated carbocycles. The molecule has 15 heavy (non-hydrogen) atoms. The lowest BCUT2D eigenvalue weighted by molar-refractivity contribution is -0.133. The molecular weight excluding hydrogens is 206 g/mol. The summed E-state index contributed by atoms with van der Waals surface area (Å²) in [6.45, 7) is 1.23. The lowest BCUT2D eigenvalue weighted by Crippen LogP contribution is -2.49. The molecule has 90 valence electrons. The van der Waals surface area contributed by atoms with E-state index in [1.165, 1.54) is 6.92 Å². The van der Waals surface area contributed by atoms with Crippen LogP contribution in [0.3, 0.4) is 0 Å². The van der Waals surface area contributed by atoms with Gasteiger partial charge in [-0.05, 0) is 6.92 Å². The SMILES string of the molecule is CC(O)NC[C@@H](O)[C@@H](O)[C@H](O)[C@@H](O)C=O. The minimum atomic E-state index is -1.76. The van der Waals surface area contributed by atoms with Crippen LogP contribution < -0.4 is 5.32 Å². The van der Waals surface area contributed by atoms with Crippen LogP contribution in [0.2, 0.25) is 0 Å². The summed E-state index contributed by atoms with van der Waals surface area (Å²) in [7, 11) is 0. The summed E-state index contributed by atoms with van der Waals surface area (Å²) < 4.78 is 0. The second kappa shape index (κ2) is 6.83. The van der Waals surface area contributed by atoms with Crippen LogP contribution in [0.5, 0.6) is 0 Å². The van der Waals surface area contributed by atoms with E-state index >= 15 is 0 Å². The van der Waals surface area contributed by atoms with Crippen molar-refractivity contribution in [2.24, 2.45) is 0 Å². The predicted octanol–water partition coefficient (Wildman–Crippen LogP) is -3.44. The number of hydrogen-bond donors (Lipinski definition) is 6. The van der Waals surface area contributed by atoms with Gasteiger partial charge in [0, 0.05) is 6.54 Å². The van der Waals surface area contributed by atoms with Gasteiger partial charge in [0.2, 0.25) is 0 Å². The van der Waals surface area contributed by atoms with Gasteiger partial charge in [-0.25, -0.2) is 0 Å². The van der Waals surface area contributed by atoms with E-state index in [1.54, 1.807) is 0 Å². The average molecular weight is 223 g/mol. The van der Waals surface area contributed by atoms with Crippen molar-refractivity contribution in [3.8, 4) is 0 Å². The van der Waals surface area contributed by atoms with Crippen LogP contribution in [-0.4, -0.2) is 69.0 Å². The third-order valence-corrected chi connectivity index (χ3v) is 1.86. The molecule has 0 aliphatic rings. The average Bonchev–Trinajstić information content (AvgIpc) is 2.22. The van der Waals surface area contributed by atoms with E-state index < -0.39 is 30.6 Å². The van der Waals surface area contributed by atoms with E-state index in [0.29, 0.717) is 0 Å². The van der Waals surface area contributed by atoms with Gasteiger partial charge in [-0.15, -0.1) is 0 Å². The van der Waals surface area contributed by atoms with E-state index in [2.05, 4.69) is 5.32 Å². The highest BCUT2D eigenvalue weighted by molar-refractivity contribution is 5.56. The largest absolute Gasteiger partial charge is 0.389 e. The van der Waals surface area contributed by atoms with Crippen molar-refractivity contribution in [3.05, 3.63) is 0 Å². The van der Waals surface area contributed by atoms with Gasteiger partial charge >= 0.3 is 0 Å². The Balaban J connectivity index is 4.06. The third-order valence-electron chi connectivity index (χ3n) is 1.86. The summed E-state index contributed by atoms with van der Waals surface area (Å²) in [6, 6.07) is 0. The first-order chi connectivity index (χ1) is 6.90. The van der Waals surface area contributed by atoms with Gasteiger partial charge in [-0.1, -0.05) is 0 Å². The van der Waals surface area contributed by atoms with Gasteiger partial charge < -0.3 is 30.3 Å². The number of carbonyl (C=O) groups is 1. The molecule has 0 bridgehead atoms. The molecular formula is C8H17NO6. The highest BCUT2D eigenvalue weighted by atomic mass is 16.4. The van der Waals surface area contributed by atoms with Crippen LogP contribution in [0.15, 0.2) is 0 Å². The molecule has 7 nitrogen and oxygen atoms in total. The molecule has 1 unspecified atom stereocenters. The maximum atomic E-state index is 10.1. The van der Waals surface area contributed by atoms with E-state index in [-0.39, 0.29) is 12.8 Å². The summed E-state index contributed by atoms with van der Waals surface area (Å²) in [6.07, 6.45) is -7.39.